The number of hydrazone groups is 1. The summed E-state index contributed by atoms with van der Waals surface area (Å²) in [5.74, 6) is -0.249. The fourth-order valence-electron chi connectivity index (χ4n) is 2.04. The quantitative estimate of drug-likeness (QED) is 0.573. The van der Waals surface area contributed by atoms with Crippen molar-refractivity contribution in [3.05, 3.63) is 78.0 Å². The van der Waals surface area contributed by atoms with E-state index >= 15 is 0 Å². The topological polar surface area (TPSA) is 70.1 Å². The molecule has 0 radical (unpaired) electrons. The van der Waals surface area contributed by atoms with E-state index in [4.69, 9.17) is 0 Å². The van der Waals surface area contributed by atoms with E-state index in [1.165, 1.54) is 0 Å². The number of hydrogen-bond acceptors (Lipinski definition) is 3. The van der Waals surface area contributed by atoms with Gasteiger partial charge < -0.3 is 0 Å². The van der Waals surface area contributed by atoms with Crippen LogP contribution in [-0.2, 0) is 0 Å². The third kappa shape index (κ3) is 3.09. The maximum absolute atomic E-state index is 11.9. The van der Waals surface area contributed by atoms with E-state index in [9.17, 15) is 4.79 Å². The molecule has 0 fully saturated rings. The Labute approximate surface area is 127 Å². The fraction of sp³-hybridized carbons (Fsp3) is 0. The third-order valence-electron chi connectivity index (χ3n) is 3.14. The zero-order chi connectivity index (χ0) is 15.2. The van der Waals surface area contributed by atoms with Crippen LogP contribution in [0.15, 0.2) is 72.0 Å². The van der Waals surface area contributed by atoms with Crippen molar-refractivity contribution in [3.8, 4) is 11.3 Å². The minimum atomic E-state index is -0.249. The van der Waals surface area contributed by atoms with Gasteiger partial charge in [-0.05, 0) is 12.1 Å². The molecule has 3 aromatic rings. The highest BCUT2D eigenvalue weighted by atomic mass is 16.2. The molecule has 5 heteroatoms. The number of carbonyl (C=O) groups excluding carboxylic acids is 1. The number of rotatable bonds is 4. The molecule has 0 aliphatic heterocycles. The summed E-state index contributed by atoms with van der Waals surface area (Å²) in [5, 5.41) is 11.0. The highest BCUT2D eigenvalue weighted by Gasteiger charge is 2.06. The van der Waals surface area contributed by atoms with E-state index in [-0.39, 0.29) is 5.91 Å². The molecule has 0 aliphatic rings. The van der Waals surface area contributed by atoms with Gasteiger partial charge in [0.1, 0.15) is 0 Å². The minimum absolute atomic E-state index is 0.249. The lowest BCUT2D eigenvalue weighted by atomic mass is 10.1. The van der Waals surface area contributed by atoms with Crippen LogP contribution in [0.25, 0.3) is 11.3 Å². The van der Waals surface area contributed by atoms with Crippen molar-refractivity contribution >= 4 is 12.1 Å². The van der Waals surface area contributed by atoms with Gasteiger partial charge in [-0.3, -0.25) is 9.89 Å². The van der Waals surface area contributed by atoms with Crippen LogP contribution < -0.4 is 5.43 Å². The summed E-state index contributed by atoms with van der Waals surface area (Å²) in [6.07, 6.45) is 3.24. The number of carbonyl (C=O) groups is 1. The van der Waals surface area contributed by atoms with Gasteiger partial charge >= 0.3 is 0 Å². The number of nitrogens with zero attached hydrogens (tertiary/aromatic N) is 2. The van der Waals surface area contributed by atoms with Crippen molar-refractivity contribution in [3.63, 3.8) is 0 Å². The number of hydrogen-bond donors (Lipinski definition) is 2. The molecule has 0 saturated carbocycles. The number of aromatic nitrogens is 2. The Hall–Kier alpha value is -3.21. The van der Waals surface area contributed by atoms with Crippen LogP contribution in [-0.4, -0.2) is 22.3 Å². The summed E-state index contributed by atoms with van der Waals surface area (Å²) >= 11 is 0. The van der Waals surface area contributed by atoms with Crippen LogP contribution in [0.2, 0.25) is 0 Å². The van der Waals surface area contributed by atoms with Gasteiger partial charge in [-0.15, -0.1) is 0 Å². The van der Waals surface area contributed by atoms with Crippen molar-refractivity contribution in [1.82, 2.24) is 15.6 Å². The highest BCUT2D eigenvalue weighted by Crippen LogP contribution is 2.18. The Morgan fingerprint density at radius 3 is 2.45 bits per heavy atom. The molecule has 1 heterocycles. The van der Waals surface area contributed by atoms with Crippen LogP contribution in [0.5, 0.6) is 0 Å². The van der Waals surface area contributed by atoms with Crippen molar-refractivity contribution in [2.75, 3.05) is 0 Å². The maximum atomic E-state index is 11.9. The first-order chi connectivity index (χ1) is 10.8. The molecule has 0 saturated heterocycles. The Kier molecular flexibility index (Phi) is 4.06. The summed E-state index contributed by atoms with van der Waals surface area (Å²) in [4.78, 5) is 11.9. The van der Waals surface area contributed by atoms with Gasteiger partial charge in [-0.25, -0.2) is 5.43 Å². The van der Waals surface area contributed by atoms with Crippen LogP contribution in [0.1, 0.15) is 15.9 Å². The molecule has 0 bridgehead atoms. The maximum Gasteiger partial charge on any atom is 0.271 e. The van der Waals surface area contributed by atoms with Crippen LogP contribution in [0.4, 0.5) is 0 Å². The van der Waals surface area contributed by atoms with Crippen molar-refractivity contribution < 1.29 is 4.79 Å². The fourth-order valence-corrected chi connectivity index (χ4v) is 2.04. The molecule has 0 aliphatic carbocycles. The van der Waals surface area contributed by atoms with Crippen LogP contribution in [0, 0.1) is 0 Å². The van der Waals surface area contributed by atoms with Gasteiger partial charge in [0.25, 0.3) is 5.91 Å². The number of aromatic amines is 1. The smallest absolute Gasteiger partial charge is 0.271 e. The third-order valence-corrected chi connectivity index (χ3v) is 3.14. The molecular weight excluding hydrogens is 276 g/mol. The lowest BCUT2D eigenvalue weighted by Crippen LogP contribution is -2.17. The zero-order valence-corrected chi connectivity index (χ0v) is 11.7. The number of nitrogens with one attached hydrogen (secondary N) is 2. The van der Waals surface area contributed by atoms with Gasteiger partial charge in [0.05, 0.1) is 18.1 Å². The first-order valence-electron chi connectivity index (χ1n) is 6.82. The number of amides is 1. The zero-order valence-electron chi connectivity index (χ0n) is 11.7. The lowest BCUT2D eigenvalue weighted by molar-refractivity contribution is 0.0955. The summed E-state index contributed by atoms with van der Waals surface area (Å²) in [5.41, 5.74) is 5.74. The number of H-pyrrole nitrogens is 1. The molecule has 1 aromatic heterocycles. The predicted octanol–water partition coefficient (Wildman–Crippen LogP) is 2.84. The van der Waals surface area contributed by atoms with Gasteiger partial charge in [-0.2, -0.15) is 10.2 Å². The molecule has 0 spiro atoms. The molecule has 108 valence electrons. The number of benzene rings is 2. The van der Waals surface area contributed by atoms with Crippen LogP contribution in [0.3, 0.4) is 0 Å². The normalized spacial score (nSPS) is 10.7. The molecule has 0 unspecified atom stereocenters. The van der Waals surface area contributed by atoms with E-state index in [0.717, 1.165) is 16.8 Å². The highest BCUT2D eigenvalue weighted by molar-refractivity contribution is 5.95. The van der Waals surface area contributed by atoms with E-state index in [1.54, 1.807) is 24.5 Å². The minimum Gasteiger partial charge on any atom is -0.277 e. The second-order valence-electron chi connectivity index (χ2n) is 4.63. The second-order valence-corrected chi connectivity index (χ2v) is 4.63. The Balaban J connectivity index is 1.72. The first-order valence-corrected chi connectivity index (χ1v) is 6.82. The summed E-state index contributed by atoms with van der Waals surface area (Å²) < 4.78 is 0. The van der Waals surface area contributed by atoms with Crippen molar-refractivity contribution in [2.24, 2.45) is 5.10 Å². The molecular formula is C17H14N4O. The van der Waals surface area contributed by atoms with Gasteiger partial charge in [0.15, 0.2) is 0 Å². The van der Waals surface area contributed by atoms with Gasteiger partial charge in [-0.1, -0.05) is 48.5 Å². The largest absolute Gasteiger partial charge is 0.277 e. The van der Waals surface area contributed by atoms with E-state index in [0.29, 0.717) is 5.56 Å². The molecule has 1 amide bonds. The summed E-state index contributed by atoms with van der Waals surface area (Å²) in [7, 11) is 0. The van der Waals surface area contributed by atoms with E-state index in [2.05, 4.69) is 20.7 Å². The Morgan fingerprint density at radius 2 is 1.73 bits per heavy atom. The molecule has 5 nitrogen and oxygen atoms in total. The SMILES string of the molecule is O=C(N/N=C/c1cn[nH]c1-c1ccccc1)c1ccccc1. The molecule has 2 N–H and O–H groups in total. The molecule has 3 rings (SSSR count). The van der Waals surface area contributed by atoms with Crippen LogP contribution >= 0.6 is 0 Å². The van der Waals surface area contributed by atoms with Gasteiger partial charge in [0.2, 0.25) is 0 Å². The lowest BCUT2D eigenvalue weighted by Gasteiger charge is -2.00. The van der Waals surface area contributed by atoms with E-state index in [1.807, 2.05) is 48.5 Å². The average Bonchev–Trinajstić information content (AvgIpc) is 3.05. The molecule has 22 heavy (non-hydrogen) atoms. The predicted molar refractivity (Wildman–Crippen MR) is 85.5 cm³/mol. The Bertz CT molecular complexity index is 779. The molecule has 0 atom stereocenters. The van der Waals surface area contributed by atoms with Crippen molar-refractivity contribution in [2.45, 2.75) is 0 Å². The van der Waals surface area contributed by atoms with E-state index < -0.39 is 0 Å². The monoisotopic (exact) mass is 290 g/mol. The standard InChI is InChI=1S/C17H14N4O/c22-17(14-9-5-2-6-10-14)21-19-12-15-11-18-20-16(15)13-7-3-1-4-8-13/h1-12H,(H,18,20)(H,21,22)/b19-12+. The summed E-state index contributed by atoms with van der Waals surface area (Å²) in [6.45, 7) is 0. The second kappa shape index (κ2) is 6.49. The summed E-state index contributed by atoms with van der Waals surface area (Å²) in [6, 6.07) is 18.8. The van der Waals surface area contributed by atoms with Gasteiger partial charge in [0, 0.05) is 16.7 Å². The average molecular weight is 290 g/mol. The Morgan fingerprint density at radius 1 is 1.05 bits per heavy atom. The van der Waals surface area contributed by atoms with Crippen molar-refractivity contribution in [1.29, 1.82) is 0 Å². The first kappa shape index (κ1) is 13.8. The molecule has 2 aromatic carbocycles.